The number of halogens is 3. The average molecular weight is 377 g/mol. The Morgan fingerprint density at radius 2 is 2.00 bits per heavy atom. The fourth-order valence-corrected chi connectivity index (χ4v) is 3.52. The average Bonchev–Trinajstić information content (AvgIpc) is 3.16. The van der Waals surface area contributed by atoms with Crippen molar-refractivity contribution >= 4 is 28.6 Å². The minimum atomic E-state index is -4.74. The molecule has 9 heteroatoms. The molecule has 0 spiro atoms. The molecule has 1 aromatic carbocycles. The van der Waals surface area contributed by atoms with E-state index in [1.165, 1.54) is 12.1 Å². The number of aromatic nitrogens is 3. The van der Waals surface area contributed by atoms with Crippen molar-refractivity contribution in [3.63, 3.8) is 0 Å². The molecule has 1 N–H and O–H groups in total. The van der Waals surface area contributed by atoms with Gasteiger partial charge >= 0.3 is 6.36 Å². The Labute approximate surface area is 153 Å². The summed E-state index contributed by atoms with van der Waals surface area (Å²) in [6.07, 6.45) is -1.17. The number of aliphatic imine (C=N–C) groups is 1. The van der Waals surface area contributed by atoms with E-state index >= 15 is 0 Å². The molecule has 0 aliphatic carbocycles. The van der Waals surface area contributed by atoms with Gasteiger partial charge in [0.15, 0.2) is 5.82 Å². The molecule has 0 saturated heterocycles. The molecule has 0 radical (unpaired) electrons. The van der Waals surface area contributed by atoms with Gasteiger partial charge in [-0.3, -0.25) is 4.68 Å². The number of benzene rings is 1. The molecule has 3 aromatic rings. The molecule has 3 heterocycles. The van der Waals surface area contributed by atoms with Gasteiger partial charge in [-0.15, -0.1) is 13.2 Å². The summed E-state index contributed by atoms with van der Waals surface area (Å²) in [5, 5.41) is 5.18. The Morgan fingerprint density at radius 1 is 1.22 bits per heavy atom. The van der Waals surface area contributed by atoms with Gasteiger partial charge in [0.1, 0.15) is 11.8 Å². The van der Waals surface area contributed by atoms with Crippen LogP contribution in [0.1, 0.15) is 25.6 Å². The summed E-state index contributed by atoms with van der Waals surface area (Å²) in [7, 11) is 1.76. The first kappa shape index (κ1) is 17.4. The lowest BCUT2D eigenvalue weighted by molar-refractivity contribution is -0.274. The Hall–Kier alpha value is -2.97. The highest BCUT2D eigenvalue weighted by atomic mass is 19.4. The first-order chi connectivity index (χ1) is 12.7. The lowest BCUT2D eigenvalue weighted by atomic mass is 10.0. The van der Waals surface area contributed by atoms with Crippen molar-refractivity contribution in [2.75, 3.05) is 4.90 Å². The van der Waals surface area contributed by atoms with Crippen LogP contribution < -0.4 is 9.64 Å². The predicted molar refractivity (Wildman–Crippen MR) is 96.7 cm³/mol. The number of rotatable bonds is 3. The SMILES string of the molecule is CC(C)N1c2cc[nH]c2N=CC1c1nn(C)c2ccc(OC(F)(F)F)cc12. The van der Waals surface area contributed by atoms with E-state index in [1.807, 2.05) is 26.1 Å². The molecule has 1 atom stereocenters. The molecular weight excluding hydrogens is 359 g/mol. The Morgan fingerprint density at radius 3 is 2.70 bits per heavy atom. The van der Waals surface area contributed by atoms with Crippen LogP contribution in [0.2, 0.25) is 0 Å². The molecule has 1 aliphatic heterocycles. The quantitative estimate of drug-likeness (QED) is 0.733. The lowest BCUT2D eigenvalue weighted by Gasteiger charge is -2.36. The number of H-pyrrole nitrogens is 1. The normalized spacial score (nSPS) is 17.0. The van der Waals surface area contributed by atoms with Crippen molar-refractivity contribution in [1.82, 2.24) is 14.8 Å². The molecule has 4 rings (SSSR count). The van der Waals surface area contributed by atoms with E-state index in [1.54, 1.807) is 24.0 Å². The highest BCUT2D eigenvalue weighted by Crippen LogP contribution is 2.40. The van der Waals surface area contributed by atoms with Gasteiger partial charge in [0.05, 0.1) is 16.9 Å². The second-order valence-corrected chi connectivity index (χ2v) is 6.67. The predicted octanol–water partition coefficient (Wildman–Crippen LogP) is 4.47. The first-order valence-electron chi connectivity index (χ1n) is 8.47. The highest BCUT2D eigenvalue weighted by Gasteiger charge is 2.33. The van der Waals surface area contributed by atoms with Crippen LogP contribution in [0.3, 0.4) is 0 Å². The third-order valence-electron chi connectivity index (χ3n) is 4.55. The Kier molecular flexibility index (Phi) is 3.90. The van der Waals surface area contributed by atoms with Crippen LogP contribution in [-0.4, -0.2) is 33.4 Å². The molecule has 0 fully saturated rings. The van der Waals surface area contributed by atoms with Gasteiger partial charge in [-0.25, -0.2) is 4.99 Å². The third kappa shape index (κ3) is 3.02. The summed E-state index contributed by atoms with van der Waals surface area (Å²) in [6, 6.07) is 6.00. The third-order valence-corrected chi connectivity index (χ3v) is 4.55. The fraction of sp³-hybridized carbons (Fsp3) is 0.333. The maximum absolute atomic E-state index is 12.6. The van der Waals surface area contributed by atoms with Crippen molar-refractivity contribution < 1.29 is 17.9 Å². The van der Waals surface area contributed by atoms with Gasteiger partial charge in [-0.1, -0.05) is 0 Å². The van der Waals surface area contributed by atoms with E-state index in [0.29, 0.717) is 11.1 Å². The summed E-state index contributed by atoms with van der Waals surface area (Å²) in [4.78, 5) is 9.68. The van der Waals surface area contributed by atoms with Gasteiger partial charge in [-0.05, 0) is 38.1 Å². The molecule has 2 aromatic heterocycles. The minimum Gasteiger partial charge on any atom is -0.406 e. The molecule has 142 valence electrons. The van der Waals surface area contributed by atoms with Crippen molar-refractivity contribution in [1.29, 1.82) is 0 Å². The summed E-state index contributed by atoms with van der Waals surface area (Å²) in [5.74, 6) is 0.483. The van der Waals surface area contributed by atoms with Gasteiger partial charge in [0, 0.05) is 30.9 Å². The van der Waals surface area contributed by atoms with E-state index < -0.39 is 6.36 Å². The largest absolute Gasteiger partial charge is 0.573 e. The second kappa shape index (κ2) is 6.04. The maximum atomic E-state index is 12.6. The number of fused-ring (bicyclic) bond motifs is 2. The van der Waals surface area contributed by atoms with Crippen molar-refractivity contribution in [3.05, 3.63) is 36.2 Å². The van der Waals surface area contributed by atoms with Crippen LogP contribution in [-0.2, 0) is 7.05 Å². The molecule has 6 nitrogen and oxygen atoms in total. The van der Waals surface area contributed by atoms with Crippen molar-refractivity contribution in [2.45, 2.75) is 32.3 Å². The standard InChI is InChI=1S/C18H18F3N5O/c1-10(2)26-14-6-7-22-17(14)23-9-15(26)16-12-8-11(27-18(19,20)21)4-5-13(12)25(3)24-16/h4-10,15,22H,1-3H3. The summed E-state index contributed by atoms with van der Waals surface area (Å²) < 4.78 is 43.6. The first-order valence-corrected chi connectivity index (χ1v) is 8.47. The van der Waals surface area contributed by atoms with Crippen LogP contribution in [0.25, 0.3) is 10.9 Å². The summed E-state index contributed by atoms with van der Waals surface area (Å²) in [5.41, 5.74) is 2.28. The monoisotopic (exact) mass is 377 g/mol. The van der Waals surface area contributed by atoms with E-state index in [0.717, 1.165) is 17.0 Å². The lowest BCUT2D eigenvalue weighted by Crippen LogP contribution is -2.37. The smallest absolute Gasteiger partial charge is 0.406 e. The van der Waals surface area contributed by atoms with Gasteiger partial charge < -0.3 is 14.6 Å². The molecular formula is C18H18F3N5O. The summed E-state index contributed by atoms with van der Waals surface area (Å²) >= 11 is 0. The van der Waals surface area contributed by atoms with Gasteiger partial charge in [0.2, 0.25) is 0 Å². The number of alkyl halides is 3. The highest BCUT2D eigenvalue weighted by molar-refractivity contribution is 5.91. The number of hydrogen-bond donors (Lipinski definition) is 1. The second-order valence-electron chi connectivity index (χ2n) is 6.67. The van der Waals surface area contributed by atoms with E-state index in [-0.39, 0.29) is 17.8 Å². The number of nitrogens with one attached hydrogen (secondary N) is 1. The molecule has 27 heavy (non-hydrogen) atoms. The number of hydrogen-bond acceptors (Lipinski definition) is 4. The van der Waals surface area contributed by atoms with Crippen LogP contribution in [0, 0.1) is 0 Å². The zero-order valence-electron chi connectivity index (χ0n) is 14.9. The van der Waals surface area contributed by atoms with Crippen LogP contribution >= 0.6 is 0 Å². The van der Waals surface area contributed by atoms with E-state index in [4.69, 9.17) is 0 Å². The number of nitrogens with zero attached hydrogens (tertiary/aromatic N) is 4. The molecule has 1 aliphatic rings. The zero-order valence-corrected chi connectivity index (χ0v) is 14.9. The van der Waals surface area contributed by atoms with Crippen molar-refractivity contribution in [3.8, 4) is 5.75 Å². The maximum Gasteiger partial charge on any atom is 0.573 e. The number of aryl methyl sites for hydroxylation is 1. The molecule has 0 bridgehead atoms. The number of aromatic amines is 1. The van der Waals surface area contributed by atoms with Gasteiger partial charge in [0.25, 0.3) is 0 Å². The molecule has 0 amide bonds. The molecule has 0 saturated carbocycles. The Bertz CT molecular complexity index is 1020. The number of ether oxygens (including phenoxy) is 1. The topological polar surface area (TPSA) is 58.4 Å². The molecule has 1 unspecified atom stereocenters. The van der Waals surface area contributed by atoms with Gasteiger partial charge in [-0.2, -0.15) is 5.10 Å². The van der Waals surface area contributed by atoms with E-state index in [9.17, 15) is 13.2 Å². The van der Waals surface area contributed by atoms with E-state index in [2.05, 4.69) is 24.7 Å². The number of anilines is 1. The Balaban J connectivity index is 1.84. The minimum absolute atomic E-state index is 0.128. The fourth-order valence-electron chi connectivity index (χ4n) is 3.52. The van der Waals surface area contributed by atoms with Crippen LogP contribution in [0.5, 0.6) is 5.75 Å². The zero-order chi connectivity index (χ0) is 19.3. The summed E-state index contributed by atoms with van der Waals surface area (Å²) in [6.45, 7) is 4.10. The van der Waals surface area contributed by atoms with Crippen LogP contribution in [0.15, 0.2) is 35.5 Å². The van der Waals surface area contributed by atoms with Crippen LogP contribution in [0.4, 0.5) is 24.7 Å². The van der Waals surface area contributed by atoms with Crippen molar-refractivity contribution in [2.24, 2.45) is 12.0 Å².